The highest BCUT2D eigenvalue weighted by Crippen LogP contribution is 2.23. The summed E-state index contributed by atoms with van der Waals surface area (Å²) in [5.41, 5.74) is 8.46. The first-order valence-corrected chi connectivity index (χ1v) is 7.02. The van der Waals surface area contributed by atoms with E-state index in [1.807, 2.05) is 36.2 Å². The minimum absolute atomic E-state index is 0.0377. The summed E-state index contributed by atoms with van der Waals surface area (Å²) in [6.45, 7) is 2.96. The maximum absolute atomic E-state index is 12.4. The number of nitrogens with two attached hydrogens (primary N) is 1. The molecule has 1 aromatic carbocycles. The van der Waals surface area contributed by atoms with Crippen LogP contribution in [-0.4, -0.2) is 46.5 Å². The van der Waals surface area contributed by atoms with Gasteiger partial charge in [0.25, 0.3) is 5.91 Å². The average molecular weight is 285 g/mol. The molecule has 1 amide bonds. The van der Waals surface area contributed by atoms with Crippen molar-refractivity contribution in [2.75, 3.05) is 36.8 Å². The fourth-order valence-corrected chi connectivity index (χ4v) is 2.65. The van der Waals surface area contributed by atoms with E-state index in [9.17, 15) is 4.79 Å². The average Bonchev–Trinajstić information content (AvgIpc) is 2.93. The number of piperazine rings is 1. The monoisotopic (exact) mass is 285 g/mol. The molecule has 2 N–H and O–H groups in total. The molecule has 1 aliphatic heterocycles. The van der Waals surface area contributed by atoms with E-state index in [0.29, 0.717) is 18.8 Å². The van der Waals surface area contributed by atoms with Gasteiger partial charge in [0.15, 0.2) is 0 Å². The molecule has 0 aliphatic carbocycles. The Morgan fingerprint density at radius 2 is 1.90 bits per heavy atom. The third-order valence-electron chi connectivity index (χ3n) is 3.88. The Bertz CT molecular complexity index is 643. The van der Waals surface area contributed by atoms with E-state index >= 15 is 0 Å². The number of benzene rings is 1. The lowest BCUT2D eigenvalue weighted by molar-refractivity contribution is 0.0737. The number of rotatable bonds is 2. The molecule has 21 heavy (non-hydrogen) atoms. The number of carbonyl (C=O) groups is 1. The Morgan fingerprint density at radius 3 is 2.52 bits per heavy atom. The largest absolute Gasteiger partial charge is 0.397 e. The lowest BCUT2D eigenvalue weighted by Crippen LogP contribution is -2.49. The van der Waals surface area contributed by atoms with E-state index in [1.165, 1.54) is 0 Å². The van der Waals surface area contributed by atoms with Crippen molar-refractivity contribution >= 4 is 17.3 Å². The van der Waals surface area contributed by atoms with E-state index in [1.54, 1.807) is 17.1 Å². The summed E-state index contributed by atoms with van der Waals surface area (Å²) in [5.74, 6) is 0.0377. The Hall–Kier alpha value is -2.50. The molecule has 6 heteroatoms. The zero-order chi connectivity index (χ0) is 14.8. The van der Waals surface area contributed by atoms with Gasteiger partial charge in [-0.15, -0.1) is 0 Å². The van der Waals surface area contributed by atoms with Crippen molar-refractivity contribution in [2.24, 2.45) is 7.05 Å². The number of aromatic nitrogens is 2. The maximum atomic E-state index is 12.4. The quantitative estimate of drug-likeness (QED) is 0.835. The third kappa shape index (κ3) is 2.56. The summed E-state index contributed by atoms with van der Waals surface area (Å²) in [5, 5.41) is 0. The van der Waals surface area contributed by atoms with Gasteiger partial charge >= 0.3 is 0 Å². The molecule has 0 saturated carbocycles. The Balaban J connectivity index is 1.67. The van der Waals surface area contributed by atoms with Gasteiger partial charge in [0.2, 0.25) is 0 Å². The SMILES string of the molecule is Cn1cncc1C(=O)N1CCN(c2ccccc2N)CC1. The second-order valence-corrected chi connectivity index (χ2v) is 5.23. The highest BCUT2D eigenvalue weighted by Gasteiger charge is 2.24. The van der Waals surface area contributed by atoms with Crippen LogP contribution in [0.4, 0.5) is 11.4 Å². The van der Waals surface area contributed by atoms with E-state index in [-0.39, 0.29) is 5.91 Å². The lowest BCUT2D eigenvalue weighted by Gasteiger charge is -2.36. The summed E-state index contributed by atoms with van der Waals surface area (Å²) in [7, 11) is 1.83. The Labute approximate surface area is 123 Å². The first-order valence-electron chi connectivity index (χ1n) is 7.02. The fourth-order valence-electron chi connectivity index (χ4n) is 2.65. The molecule has 1 saturated heterocycles. The number of nitrogens with zero attached hydrogens (tertiary/aromatic N) is 4. The van der Waals surface area contributed by atoms with Crippen molar-refractivity contribution in [2.45, 2.75) is 0 Å². The van der Waals surface area contributed by atoms with Gasteiger partial charge in [-0.05, 0) is 12.1 Å². The summed E-state index contributed by atoms with van der Waals surface area (Å²) < 4.78 is 1.75. The standard InChI is InChI=1S/C15H19N5O/c1-18-11-17-10-14(18)15(21)20-8-6-19(7-9-20)13-5-3-2-4-12(13)16/h2-5,10-11H,6-9,16H2,1H3. The van der Waals surface area contributed by atoms with Crippen LogP contribution >= 0.6 is 0 Å². The Morgan fingerprint density at radius 1 is 1.19 bits per heavy atom. The summed E-state index contributed by atoms with van der Waals surface area (Å²) in [6.07, 6.45) is 3.26. The van der Waals surface area contributed by atoms with E-state index in [2.05, 4.69) is 9.88 Å². The molecule has 1 fully saturated rings. The molecule has 1 aliphatic rings. The Kier molecular flexibility index (Phi) is 3.51. The predicted octanol–water partition coefficient (Wildman–Crippen LogP) is 0.965. The van der Waals surface area contributed by atoms with Crippen molar-refractivity contribution in [3.05, 3.63) is 42.5 Å². The molecular weight excluding hydrogens is 266 g/mol. The van der Waals surface area contributed by atoms with Crippen LogP contribution in [0.1, 0.15) is 10.5 Å². The van der Waals surface area contributed by atoms with Crippen molar-refractivity contribution in [3.63, 3.8) is 0 Å². The number of aryl methyl sites for hydroxylation is 1. The first kappa shape index (κ1) is 13.5. The molecule has 0 spiro atoms. The zero-order valence-corrected chi connectivity index (χ0v) is 12.1. The molecule has 0 atom stereocenters. The molecule has 2 heterocycles. The number of imidazole rings is 1. The van der Waals surface area contributed by atoms with Crippen LogP contribution in [0.15, 0.2) is 36.8 Å². The van der Waals surface area contributed by atoms with Gasteiger partial charge in [-0.1, -0.05) is 12.1 Å². The highest BCUT2D eigenvalue weighted by molar-refractivity contribution is 5.92. The van der Waals surface area contributed by atoms with Crippen LogP contribution in [0.25, 0.3) is 0 Å². The van der Waals surface area contributed by atoms with Gasteiger partial charge in [0.05, 0.1) is 23.9 Å². The number of nitrogen functional groups attached to an aromatic ring is 1. The highest BCUT2D eigenvalue weighted by atomic mass is 16.2. The van der Waals surface area contributed by atoms with Gasteiger partial charge < -0.3 is 20.1 Å². The van der Waals surface area contributed by atoms with Crippen LogP contribution in [0.5, 0.6) is 0 Å². The number of para-hydroxylation sites is 2. The predicted molar refractivity (Wildman–Crippen MR) is 82.2 cm³/mol. The number of anilines is 2. The lowest BCUT2D eigenvalue weighted by atomic mass is 10.2. The summed E-state index contributed by atoms with van der Waals surface area (Å²) in [6, 6.07) is 7.84. The van der Waals surface area contributed by atoms with Crippen LogP contribution in [-0.2, 0) is 7.05 Å². The van der Waals surface area contributed by atoms with Crippen LogP contribution in [0, 0.1) is 0 Å². The second-order valence-electron chi connectivity index (χ2n) is 5.23. The van der Waals surface area contributed by atoms with Gasteiger partial charge in [0, 0.05) is 33.2 Å². The molecular formula is C15H19N5O. The molecule has 1 aromatic heterocycles. The van der Waals surface area contributed by atoms with Crippen LogP contribution in [0.3, 0.4) is 0 Å². The van der Waals surface area contributed by atoms with Crippen molar-refractivity contribution in [1.29, 1.82) is 0 Å². The third-order valence-corrected chi connectivity index (χ3v) is 3.88. The van der Waals surface area contributed by atoms with E-state index < -0.39 is 0 Å². The van der Waals surface area contributed by atoms with Gasteiger partial charge in [-0.2, -0.15) is 0 Å². The van der Waals surface area contributed by atoms with E-state index in [4.69, 9.17) is 5.73 Å². The molecule has 6 nitrogen and oxygen atoms in total. The number of amides is 1. The van der Waals surface area contributed by atoms with Gasteiger partial charge in [-0.3, -0.25) is 4.79 Å². The van der Waals surface area contributed by atoms with Crippen LogP contribution in [0.2, 0.25) is 0 Å². The normalized spacial score (nSPS) is 15.3. The maximum Gasteiger partial charge on any atom is 0.272 e. The number of carbonyl (C=O) groups excluding carboxylic acids is 1. The fraction of sp³-hybridized carbons (Fsp3) is 0.333. The molecule has 0 radical (unpaired) electrons. The van der Waals surface area contributed by atoms with Crippen molar-refractivity contribution in [1.82, 2.24) is 14.5 Å². The van der Waals surface area contributed by atoms with Gasteiger partial charge in [-0.25, -0.2) is 4.98 Å². The van der Waals surface area contributed by atoms with E-state index in [0.717, 1.165) is 24.5 Å². The summed E-state index contributed by atoms with van der Waals surface area (Å²) in [4.78, 5) is 20.5. The molecule has 3 rings (SSSR count). The zero-order valence-electron chi connectivity index (χ0n) is 12.1. The first-order chi connectivity index (χ1) is 10.2. The molecule has 110 valence electrons. The number of hydrogen-bond donors (Lipinski definition) is 1. The smallest absolute Gasteiger partial charge is 0.272 e. The van der Waals surface area contributed by atoms with Gasteiger partial charge in [0.1, 0.15) is 5.69 Å². The topological polar surface area (TPSA) is 67.4 Å². The van der Waals surface area contributed by atoms with Crippen molar-refractivity contribution < 1.29 is 4.79 Å². The summed E-state index contributed by atoms with van der Waals surface area (Å²) >= 11 is 0. The van der Waals surface area contributed by atoms with Crippen LogP contribution < -0.4 is 10.6 Å². The molecule has 2 aromatic rings. The van der Waals surface area contributed by atoms with Crippen molar-refractivity contribution in [3.8, 4) is 0 Å². The minimum Gasteiger partial charge on any atom is -0.397 e. The second kappa shape index (κ2) is 5.47. The minimum atomic E-state index is 0.0377. The number of hydrogen-bond acceptors (Lipinski definition) is 4. The molecule has 0 unspecified atom stereocenters. The molecule has 0 bridgehead atoms.